The van der Waals surface area contributed by atoms with Crippen LogP contribution in [-0.4, -0.2) is 41.6 Å². The van der Waals surface area contributed by atoms with E-state index in [2.05, 4.69) is 10.6 Å². The SMILES string of the molecule is OCCNCc1cc(Cl)cc(CNCCO)c1O. The van der Waals surface area contributed by atoms with Crippen molar-refractivity contribution in [3.63, 3.8) is 0 Å². The summed E-state index contributed by atoms with van der Waals surface area (Å²) in [6.07, 6.45) is 0. The van der Waals surface area contributed by atoms with Crippen molar-refractivity contribution < 1.29 is 15.3 Å². The number of halogens is 1. The highest BCUT2D eigenvalue weighted by molar-refractivity contribution is 6.30. The van der Waals surface area contributed by atoms with Gasteiger partial charge in [0.05, 0.1) is 13.2 Å². The molecule has 5 N–H and O–H groups in total. The number of aromatic hydroxyl groups is 1. The zero-order valence-electron chi connectivity index (χ0n) is 10.1. The molecule has 1 aromatic rings. The molecule has 0 atom stereocenters. The highest BCUT2D eigenvalue weighted by Crippen LogP contribution is 2.27. The van der Waals surface area contributed by atoms with Gasteiger partial charge in [-0.25, -0.2) is 0 Å². The number of aliphatic hydroxyl groups excluding tert-OH is 2. The predicted octanol–water partition coefficient (Wildman–Crippen LogP) is 0.209. The van der Waals surface area contributed by atoms with Crippen LogP contribution in [0.3, 0.4) is 0 Å². The molecule has 0 aliphatic rings. The number of aliphatic hydroxyl groups is 2. The fourth-order valence-corrected chi connectivity index (χ4v) is 1.85. The molecule has 102 valence electrons. The Morgan fingerprint density at radius 1 is 0.944 bits per heavy atom. The van der Waals surface area contributed by atoms with Crippen LogP contribution < -0.4 is 10.6 Å². The molecule has 18 heavy (non-hydrogen) atoms. The van der Waals surface area contributed by atoms with Crippen LogP contribution in [0.5, 0.6) is 5.75 Å². The van der Waals surface area contributed by atoms with E-state index in [0.717, 1.165) is 0 Å². The molecular formula is C12H19ClN2O3. The lowest BCUT2D eigenvalue weighted by molar-refractivity contribution is 0.291. The van der Waals surface area contributed by atoms with Gasteiger partial charge in [-0.3, -0.25) is 0 Å². The van der Waals surface area contributed by atoms with Gasteiger partial charge in [-0.2, -0.15) is 0 Å². The van der Waals surface area contributed by atoms with E-state index >= 15 is 0 Å². The minimum absolute atomic E-state index is 0.0479. The van der Waals surface area contributed by atoms with Crippen molar-refractivity contribution in [1.29, 1.82) is 0 Å². The van der Waals surface area contributed by atoms with Crippen molar-refractivity contribution in [2.24, 2.45) is 0 Å². The highest BCUT2D eigenvalue weighted by atomic mass is 35.5. The molecule has 1 rings (SSSR count). The second-order valence-electron chi connectivity index (χ2n) is 3.87. The topological polar surface area (TPSA) is 84.8 Å². The number of hydrogen-bond acceptors (Lipinski definition) is 5. The number of phenols is 1. The first-order valence-electron chi connectivity index (χ1n) is 5.82. The average Bonchev–Trinajstić information content (AvgIpc) is 2.35. The summed E-state index contributed by atoms with van der Waals surface area (Å²) < 4.78 is 0. The van der Waals surface area contributed by atoms with Gasteiger partial charge in [-0.15, -0.1) is 0 Å². The molecule has 0 saturated heterocycles. The predicted molar refractivity (Wildman–Crippen MR) is 70.7 cm³/mol. The van der Waals surface area contributed by atoms with E-state index in [9.17, 15) is 5.11 Å². The molecule has 0 saturated carbocycles. The van der Waals surface area contributed by atoms with Gasteiger partial charge in [-0.1, -0.05) is 11.6 Å². The molecule has 0 aliphatic heterocycles. The fourth-order valence-electron chi connectivity index (χ4n) is 1.59. The minimum atomic E-state index is 0.0479. The number of phenolic OH excluding ortho intramolecular Hbond substituents is 1. The van der Waals surface area contributed by atoms with E-state index in [1.165, 1.54) is 0 Å². The van der Waals surface area contributed by atoms with Gasteiger partial charge >= 0.3 is 0 Å². The molecular weight excluding hydrogens is 256 g/mol. The molecule has 0 heterocycles. The second kappa shape index (κ2) is 8.29. The third-order valence-electron chi connectivity index (χ3n) is 2.44. The quantitative estimate of drug-likeness (QED) is 0.438. The second-order valence-corrected chi connectivity index (χ2v) is 4.31. The Kier molecular flexibility index (Phi) is 7.00. The summed E-state index contributed by atoms with van der Waals surface area (Å²) in [6.45, 7) is 1.91. The lowest BCUT2D eigenvalue weighted by Gasteiger charge is -2.12. The Balaban J connectivity index is 2.71. The largest absolute Gasteiger partial charge is 0.507 e. The maximum Gasteiger partial charge on any atom is 0.124 e. The monoisotopic (exact) mass is 274 g/mol. The fraction of sp³-hybridized carbons (Fsp3) is 0.500. The molecule has 0 aliphatic carbocycles. The summed E-state index contributed by atoms with van der Waals surface area (Å²) in [6, 6.07) is 3.38. The first-order chi connectivity index (χ1) is 8.69. The summed E-state index contributed by atoms with van der Waals surface area (Å²) >= 11 is 5.98. The summed E-state index contributed by atoms with van der Waals surface area (Å²) in [5.41, 5.74) is 1.38. The van der Waals surface area contributed by atoms with Gasteiger partial charge in [0.2, 0.25) is 0 Å². The van der Waals surface area contributed by atoms with E-state index < -0.39 is 0 Å². The highest BCUT2D eigenvalue weighted by Gasteiger charge is 2.09. The lowest BCUT2D eigenvalue weighted by atomic mass is 10.1. The van der Waals surface area contributed by atoms with Gasteiger partial charge in [0, 0.05) is 42.3 Å². The lowest BCUT2D eigenvalue weighted by Crippen LogP contribution is -2.19. The summed E-state index contributed by atoms with van der Waals surface area (Å²) in [5, 5.41) is 33.9. The molecule has 1 aromatic carbocycles. The zero-order chi connectivity index (χ0) is 13.4. The Bertz CT molecular complexity index is 343. The van der Waals surface area contributed by atoms with Crippen LogP contribution in [0.2, 0.25) is 5.02 Å². The molecule has 6 heteroatoms. The number of rotatable bonds is 8. The van der Waals surface area contributed by atoms with Gasteiger partial charge in [-0.05, 0) is 12.1 Å². The van der Waals surface area contributed by atoms with E-state index in [4.69, 9.17) is 21.8 Å². The van der Waals surface area contributed by atoms with Crippen molar-refractivity contribution in [2.45, 2.75) is 13.1 Å². The first kappa shape index (κ1) is 15.2. The summed E-state index contributed by atoms with van der Waals surface area (Å²) in [7, 11) is 0. The number of nitrogens with one attached hydrogen (secondary N) is 2. The molecule has 0 bridgehead atoms. The standard InChI is InChI=1S/C12H19ClN2O3/c13-11-5-9(7-14-1-3-16)12(18)10(6-11)8-15-2-4-17/h5-6,14-18H,1-4,7-8H2. The van der Waals surface area contributed by atoms with Crippen LogP contribution in [0, 0.1) is 0 Å². The molecule has 5 nitrogen and oxygen atoms in total. The summed E-state index contributed by atoms with van der Waals surface area (Å²) in [4.78, 5) is 0. The first-order valence-corrected chi connectivity index (χ1v) is 6.20. The van der Waals surface area contributed by atoms with Crippen LogP contribution in [0.15, 0.2) is 12.1 Å². The van der Waals surface area contributed by atoms with Gasteiger partial charge in [0.1, 0.15) is 5.75 Å². The van der Waals surface area contributed by atoms with Crippen LogP contribution in [-0.2, 0) is 13.1 Å². The third-order valence-corrected chi connectivity index (χ3v) is 2.66. The van der Waals surface area contributed by atoms with Crippen molar-refractivity contribution in [3.8, 4) is 5.75 Å². The van der Waals surface area contributed by atoms with E-state index in [1.54, 1.807) is 12.1 Å². The van der Waals surface area contributed by atoms with Gasteiger partial charge in [0.25, 0.3) is 0 Å². The maximum atomic E-state index is 10.0. The molecule has 0 aromatic heterocycles. The van der Waals surface area contributed by atoms with Crippen LogP contribution >= 0.6 is 11.6 Å². The van der Waals surface area contributed by atoms with Crippen molar-refractivity contribution >= 4 is 11.6 Å². The van der Waals surface area contributed by atoms with E-state index in [-0.39, 0.29) is 19.0 Å². The van der Waals surface area contributed by atoms with Crippen molar-refractivity contribution in [1.82, 2.24) is 10.6 Å². The van der Waals surface area contributed by atoms with Crippen LogP contribution in [0.1, 0.15) is 11.1 Å². The Morgan fingerprint density at radius 3 is 1.78 bits per heavy atom. The maximum absolute atomic E-state index is 10.0. The average molecular weight is 275 g/mol. The molecule has 0 spiro atoms. The molecule has 0 amide bonds. The van der Waals surface area contributed by atoms with Crippen molar-refractivity contribution in [2.75, 3.05) is 26.3 Å². The third kappa shape index (κ3) is 4.80. The number of hydrogen-bond donors (Lipinski definition) is 5. The Labute approximate surface area is 111 Å². The van der Waals surface area contributed by atoms with Crippen LogP contribution in [0.25, 0.3) is 0 Å². The molecule has 0 radical (unpaired) electrons. The van der Waals surface area contributed by atoms with Crippen LogP contribution in [0.4, 0.5) is 0 Å². The van der Waals surface area contributed by atoms with Gasteiger partial charge < -0.3 is 26.0 Å². The number of benzene rings is 1. The zero-order valence-corrected chi connectivity index (χ0v) is 10.9. The Morgan fingerprint density at radius 2 is 1.39 bits per heavy atom. The summed E-state index contributed by atoms with van der Waals surface area (Å²) in [5.74, 6) is 0.190. The minimum Gasteiger partial charge on any atom is -0.507 e. The Hall–Kier alpha value is -0.850. The smallest absolute Gasteiger partial charge is 0.124 e. The normalized spacial score (nSPS) is 10.8. The van der Waals surface area contributed by atoms with Crippen molar-refractivity contribution in [3.05, 3.63) is 28.3 Å². The van der Waals surface area contributed by atoms with Gasteiger partial charge in [0.15, 0.2) is 0 Å². The van der Waals surface area contributed by atoms with E-state index in [1.807, 2.05) is 0 Å². The molecule has 0 unspecified atom stereocenters. The molecule has 0 fully saturated rings. The van der Waals surface area contributed by atoms with E-state index in [0.29, 0.717) is 42.3 Å².